The van der Waals surface area contributed by atoms with Crippen molar-refractivity contribution in [2.75, 3.05) is 18.8 Å². The minimum absolute atomic E-state index is 0.0434. The maximum Gasteiger partial charge on any atom is 0.288 e. The van der Waals surface area contributed by atoms with Crippen molar-refractivity contribution in [1.82, 2.24) is 9.88 Å². The van der Waals surface area contributed by atoms with E-state index in [1.165, 1.54) is 6.07 Å². The summed E-state index contributed by atoms with van der Waals surface area (Å²) in [6.07, 6.45) is 5.21. The summed E-state index contributed by atoms with van der Waals surface area (Å²) in [7, 11) is 0. The first-order valence-corrected chi connectivity index (χ1v) is 7.22. The van der Waals surface area contributed by atoms with E-state index in [4.69, 9.17) is 5.73 Å². The molecule has 1 unspecified atom stereocenters. The molecule has 0 bridgehead atoms. The van der Waals surface area contributed by atoms with Crippen LogP contribution in [0.3, 0.4) is 0 Å². The van der Waals surface area contributed by atoms with Crippen LogP contribution in [0.15, 0.2) is 12.3 Å². The highest BCUT2D eigenvalue weighted by atomic mass is 16.6. The summed E-state index contributed by atoms with van der Waals surface area (Å²) in [5, 5.41) is 10.8. The minimum atomic E-state index is -0.571. The van der Waals surface area contributed by atoms with Crippen molar-refractivity contribution >= 4 is 17.4 Å². The van der Waals surface area contributed by atoms with Gasteiger partial charge >= 0.3 is 0 Å². The highest BCUT2D eigenvalue weighted by Crippen LogP contribution is 2.23. The molecule has 0 radical (unpaired) electrons. The Balaban J connectivity index is 2.19. The number of amides is 1. The third-order valence-electron chi connectivity index (χ3n) is 4.06. The Morgan fingerprint density at radius 1 is 1.52 bits per heavy atom. The Bertz CT molecular complexity index is 547. The van der Waals surface area contributed by atoms with E-state index in [1.54, 1.807) is 4.90 Å². The maximum atomic E-state index is 12.5. The largest absolute Gasteiger partial charge is 0.383 e. The van der Waals surface area contributed by atoms with Crippen molar-refractivity contribution in [2.24, 2.45) is 5.92 Å². The predicted octanol–water partition coefficient (Wildman–Crippen LogP) is 2.22. The van der Waals surface area contributed by atoms with Crippen LogP contribution in [0.1, 0.15) is 43.0 Å². The van der Waals surface area contributed by atoms with Gasteiger partial charge in [-0.3, -0.25) is 14.9 Å². The normalized spacial score (nSPS) is 19.1. The number of rotatable bonds is 3. The molecule has 2 N–H and O–H groups in total. The highest BCUT2D eigenvalue weighted by molar-refractivity contribution is 5.98. The second-order valence-electron chi connectivity index (χ2n) is 5.38. The van der Waals surface area contributed by atoms with Gasteiger partial charge in [0.25, 0.3) is 11.6 Å². The summed E-state index contributed by atoms with van der Waals surface area (Å²) >= 11 is 0. The van der Waals surface area contributed by atoms with E-state index in [9.17, 15) is 14.9 Å². The number of carbonyl (C=O) groups is 1. The van der Waals surface area contributed by atoms with Gasteiger partial charge in [0.1, 0.15) is 12.0 Å². The van der Waals surface area contributed by atoms with Gasteiger partial charge in [-0.05, 0) is 25.2 Å². The molecule has 1 atom stereocenters. The van der Waals surface area contributed by atoms with E-state index in [0.717, 1.165) is 31.9 Å². The fourth-order valence-corrected chi connectivity index (χ4v) is 2.68. The van der Waals surface area contributed by atoms with Crippen molar-refractivity contribution in [3.05, 3.63) is 27.9 Å². The summed E-state index contributed by atoms with van der Waals surface area (Å²) < 4.78 is 0. The first-order valence-electron chi connectivity index (χ1n) is 7.22. The Hall–Kier alpha value is -2.18. The van der Waals surface area contributed by atoms with Gasteiger partial charge in [-0.1, -0.05) is 13.3 Å². The molecule has 0 aliphatic carbocycles. The lowest BCUT2D eigenvalue weighted by atomic mass is 9.98. The van der Waals surface area contributed by atoms with Crippen LogP contribution in [0.4, 0.5) is 11.5 Å². The van der Waals surface area contributed by atoms with E-state index in [-0.39, 0.29) is 23.0 Å². The first-order chi connectivity index (χ1) is 10.0. The van der Waals surface area contributed by atoms with E-state index in [2.05, 4.69) is 11.9 Å². The fourth-order valence-electron chi connectivity index (χ4n) is 2.68. The van der Waals surface area contributed by atoms with Crippen LogP contribution in [0, 0.1) is 16.0 Å². The quantitative estimate of drug-likeness (QED) is 0.679. The molecule has 0 spiro atoms. The number of pyridine rings is 1. The zero-order valence-corrected chi connectivity index (χ0v) is 12.1. The summed E-state index contributed by atoms with van der Waals surface area (Å²) in [5.41, 5.74) is 5.62. The van der Waals surface area contributed by atoms with E-state index in [1.807, 2.05) is 0 Å². The van der Waals surface area contributed by atoms with Gasteiger partial charge in [0.15, 0.2) is 0 Å². The smallest absolute Gasteiger partial charge is 0.288 e. The van der Waals surface area contributed by atoms with Crippen LogP contribution in [0.5, 0.6) is 0 Å². The zero-order chi connectivity index (χ0) is 15.4. The van der Waals surface area contributed by atoms with Gasteiger partial charge < -0.3 is 10.6 Å². The topological polar surface area (TPSA) is 102 Å². The number of likely N-dealkylation sites (tertiary alicyclic amines) is 1. The van der Waals surface area contributed by atoms with E-state index < -0.39 is 4.92 Å². The van der Waals surface area contributed by atoms with Crippen molar-refractivity contribution in [2.45, 2.75) is 32.6 Å². The lowest BCUT2D eigenvalue weighted by Gasteiger charge is -2.21. The molecule has 1 aliphatic heterocycles. The molecule has 1 amide bonds. The van der Waals surface area contributed by atoms with Crippen LogP contribution in [0.25, 0.3) is 0 Å². The molecule has 2 heterocycles. The number of nitrogens with zero attached hydrogens (tertiary/aromatic N) is 3. The van der Waals surface area contributed by atoms with Gasteiger partial charge in [0, 0.05) is 19.2 Å². The molecule has 1 aliphatic rings. The molecule has 114 valence electrons. The molecular weight excluding hydrogens is 272 g/mol. The first kappa shape index (κ1) is 15.2. The van der Waals surface area contributed by atoms with Crippen LogP contribution >= 0.6 is 0 Å². The van der Waals surface area contributed by atoms with Crippen LogP contribution in [-0.2, 0) is 0 Å². The number of nitro groups is 1. The van der Waals surface area contributed by atoms with Gasteiger partial charge in [-0.15, -0.1) is 0 Å². The lowest BCUT2D eigenvalue weighted by Crippen LogP contribution is -2.32. The van der Waals surface area contributed by atoms with Crippen molar-refractivity contribution in [3.8, 4) is 0 Å². The molecule has 1 saturated heterocycles. The van der Waals surface area contributed by atoms with E-state index in [0.29, 0.717) is 19.0 Å². The number of aromatic nitrogens is 1. The number of nitrogens with two attached hydrogens (primary N) is 1. The van der Waals surface area contributed by atoms with Crippen LogP contribution < -0.4 is 5.73 Å². The minimum Gasteiger partial charge on any atom is -0.383 e. The highest BCUT2D eigenvalue weighted by Gasteiger charge is 2.24. The van der Waals surface area contributed by atoms with Gasteiger partial charge in [0.05, 0.1) is 10.5 Å². The molecular formula is C14H20N4O3. The molecule has 0 saturated carbocycles. The van der Waals surface area contributed by atoms with Gasteiger partial charge in [-0.25, -0.2) is 4.98 Å². The molecule has 1 aromatic rings. The van der Waals surface area contributed by atoms with Crippen LogP contribution in [0.2, 0.25) is 0 Å². The number of hydrogen-bond acceptors (Lipinski definition) is 5. The standard InChI is InChI=1S/C14H20N4O3/c1-2-10-4-3-6-17(7-5-10)14(19)12-8-11(18(20)21)9-16-13(12)15/h8-10H,2-7H2,1H3,(H2,15,16). The lowest BCUT2D eigenvalue weighted by molar-refractivity contribution is -0.385. The number of anilines is 1. The van der Waals surface area contributed by atoms with Crippen LogP contribution in [-0.4, -0.2) is 33.8 Å². The second-order valence-corrected chi connectivity index (χ2v) is 5.38. The monoisotopic (exact) mass is 292 g/mol. The Morgan fingerprint density at radius 2 is 2.29 bits per heavy atom. The predicted molar refractivity (Wildman–Crippen MR) is 78.8 cm³/mol. The average molecular weight is 292 g/mol. The molecule has 0 aromatic carbocycles. The zero-order valence-electron chi connectivity index (χ0n) is 12.1. The Morgan fingerprint density at radius 3 is 2.95 bits per heavy atom. The summed E-state index contributed by atoms with van der Waals surface area (Å²) in [5.74, 6) is 0.422. The third kappa shape index (κ3) is 3.48. The Kier molecular flexibility index (Phi) is 4.72. The summed E-state index contributed by atoms with van der Waals surface area (Å²) in [6.45, 7) is 3.49. The van der Waals surface area contributed by atoms with Crippen molar-refractivity contribution < 1.29 is 9.72 Å². The van der Waals surface area contributed by atoms with Gasteiger partial charge in [0.2, 0.25) is 0 Å². The molecule has 7 heteroatoms. The van der Waals surface area contributed by atoms with Crippen molar-refractivity contribution in [3.63, 3.8) is 0 Å². The van der Waals surface area contributed by atoms with Crippen molar-refractivity contribution in [1.29, 1.82) is 0 Å². The average Bonchev–Trinajstić information content (AvgIpc) is 2.72. The third-order valence-corrected chi connectivity index (χ3v) is 4.06. The number of hydrogen-bond donors (Lipinski definition) is 1. The molecule has 2 rings (SSSR count). The summed E-state index contributed by atoms with van der Waals surface area (Å²) in [4.78, 5) is 28.2. The fraction of sp³-hybridized carbons (Fsp3) is 0.571. The molecule has 21 heavy (non-hydrogen) atoms. The summed E-state index contributed by atoms with van der Waals surface area (Å²) in [6, 6.07) is 1.22. The Labute approximate surface area is 123 Å². The van der Waals surface area contributed by atoms with E-state index >= 15 is 0 Å². The second kappa shape index (κ2) is 6.51. The maximum absolute atomic E-state index is 12.5. The SMILES string of the molecule is CCC1CCCN(C(=O)c2cc([N+](=O)[O-])cnc2N)CC1. The molecule has 1 aromatic heterocycles. The number of nitrogen functional groups attached to an aromatic ring is 1. The number of carbonyl (C=O) groups excluding carboxylic acids is 1. The van der Waals surface area contributed by atoms with Gasteiger partial charge in [-0.2, -0.15) is 0 Å². The molecule has 1 fully saturated rings. The molecule has 7 nitrogen and oxygen atoms in total.